The largest absolute Gasteiger partial charge is 0.477 e. The zero-order valence-electron chi connectivity index (χ0n) is 34.2. The molecule has 3 amide bonds. The van der Waals surface area contributed by atoms with Gasteiger partial charge in [-0.1, -0.05) is 12.1 Å². The van der Waals surface area contributed by atoms with Gasteiger partial charge in [-0.25, -0.2) is 14.5 Å². The number of imide groups is 1. The minimum Gasteiger partial charge on any atom is -0.477 e. The summed E-state index contributed by atoms with van der Waals surface area (Å²) in [6, 6.07) is 15.2. The van der Waals surface area contributed by atoms with Crippen LogP contribution in [0.4, 0.5) is 11.6 Å². The third-order valence-electron chi connectivity index (χ3n) is 13.0. The van der Waals surface area contributed by atoms with Gasteiger partial charge in [-0.05, 0) is 92.8 Å². The number of pyridine rings is 1. The topological polar surface area (TPSA) is 166 Å². The molecule has 16 heteroatoms. The van der Waals surface area contributed by atoms with Crippen LogP contribution < -0.4 is 26.0 Å². The molecule has 3 fully saturated rings. The van der Waals surface area contributed by atoms with Crippen molar-refractivity contribution in [3.8, 4) is 17.1 Å². The molecule has 60 heavy (non-hydrogen) atoms. The number of carbonyl (C=O) groups excluding carboxylic acids is 3. The van der Waals surface area contributed by atoms with Gasteiger partial charge in [0.2, 0.25) is 23.6 Å². The van der Waals surface area contributed by atoms with Gasteiger partial charge in [0.15, 0.2) is 0 Å². The fourth-order valence-electron chi connectivity index (χ4n) is 9.88. The number of para-hydroxylation sites is 1. The van der Waals surface area contributed by atoms with E-state index in [9.17, 15) is 19.2 Å². The van der Waals surface area contributed by atoms with Crippen LogP contribution in [-0.2, 0) is 36.6 Å². The van der Waals surface area contributed by atoms with Gasteiger partial charge >= 0.3 is 5.69 Å². The van der Waals surface area contributed by atoms with E-state index in [4.69, 9.17) is 14.7 Å². The van der Waals surface area contributed by atoms with E-state index in [1.54, 1.807) is 39.2 Å². The van der Waals surface area contributed by atoms with Crippen LogP contribution in [0, 0.1) is 18.8 Å². The van der Waals surface area contributed by atoms with E-state index in [0.29, 0.717) is 53.5 Å². The molecule has 3 aliphatic heterocycles. The van der Waals surface area contributed by atoms with Gasteiger partial charge < -0.3 is 14.2 Å². The minimum absolute atomic E-state index is 0.209. The van der Waals surface area contributed by atoms with Gasteiger partial charge in [-0.15, -0.1) is 0 Å². The van der Waals surface area contributed by atoms with Crippen molar-refractivity contribution in [1.82, 2.24) is 43.7 Å². The lowest BCUT2D eigenvalue weighted by atomic mass is 10.0. The van der Waals surface area contributed by atoms with Crippen LogP contribution >= 0.6 is 0 Å². The number of piperazine rings is 1. The molecule has 1 saturated carbocycles. The number of nitrogens with zero attached hydrogens (tertiary/aromatic N) is 9. The molecule has 1 unspecified atom stereocenters. The number of ether oxygens (including phenoxy) is 1. The van der Waals surface area contributed by atoms with Crippen LogP contribution in [0.2, 0.25) is 0 Å². The first kappa shape index (κ1) is 37.9. The van der Waals surface area contributed by atoms with Gasteiger partial charge in [0.1, 0.15) is 6.04 Å². The van der Waals surface area contributed by atoms with Gasteiger partial charge in [0.25, 0.3) is 5.91 Å². The molecule has 10 rings (SSSR count). The van der Waals surface area contributed by atoms with E-state index in [1.807, 2.05) is 26.1 Å². The van der Waals surface area contributed by atoms with Crippen molar-refractivity contribution in [2.75, 3.05) is 49.5 Å². The number of fused-ring (bicyclic) bond motifs is 10. The molecular weight excluding hydrogens is 763 g/mol. The van der Waals surface area contributed by atoms with Crippen LogP contribution in [0.3, 0.4) is 0 Å². The van der Waals surface area contributed by atoms with Crippen molar-refractivity contribution >= 4 is 51.4 Å². The van der Waals surface area contributed by atoms with Crippen LogP contribution in [-0.4, -0.2) is 95.4 Å². The Balaban J connectivity index is 0.869. The summed E-state index contributed by atoms with van der Waals surface area (Å²) in [5, 5.41) is 10.0. The molecule has 4 aliphatic rings. The summed E-state index contributed by atoms with van der Waals surface area (Å²) in [7, 11) is 3.62. The highest BCUT2D eigenvalue weighted by Gasteiger charge is 2.33. The van der Waals surface area contributed by atoms with Crippen LogP contribution in [0.25, 0.3) is 33.3 Å². The molecule has 0 radical (unpaired) electrons. The Morgan fingerprint density at radius 3 is 2.55 bits per heavy atom. The average molecular weight is 812 g/mol. The van der Waals surface area contributed by atoms with Crippen molar-refractivity contribution < 1.29 is 19.1 Å². The highest BCUT2D eigenvalue weighted by atomic mass is 16.5. The third kappa shape index (κ3) is 6.81. The fourth-order valence-corrected chi connectivity index (χ4v) is 9.88. The molecule has 2 saturated heterocycles. The third-order valence-corrected chi connectivity index (χ3v) is 13.0. The number of benzene rings is 2. The highest BCUT2D eigenvalue weighted by Crippen LogP contribution is 2.37. The number of anilines is 2. The van der Waals surface area contributed by atoms with Gasteiger partial charge in [0.05, 0.1) is 46.1 Å². The number of piperidine rings is 1. The molecule has 2 aromatic carbocycles. The molecule has 6 aromatic rings. The molecule has 7 heterocycles. The molecule has 4 bridgehead atoms. The number of aromatic nitrogens is 7. The number of imidazole rings is 2. The summed E-state index contributed by atoms with van der Waals surface area (Å²) < 4.78 is 13.6. The predicted molar refractivity (Wildman–Crippen MR) is 226 cm³/mol. The Bertz CT molecular complexity index is 2750. The second-order valence-corrected chi connectivity index (χ2v) is 16.9. The number of hydrogen-bond donors (Lipinski definition) is 2. The summed E-state index contributed by atoms with van der Waals surface area (Å²) in [4.78, 5) is 66.6. The number of carbonyl (C=O) groups is 3. The molecular formula is C44H49N11O5. The van der Waals surface area contributed by atoms with Crippen molar-refractivity contribution in [2.45, 2.75) is 58.0 Å². The van der Waals surface area contributed by atoms with E-state index in [2.05, 4.69) is 54.4 Å². The normalized spacial score (nSPS) is 21.3. The van der Waals surface area contributed by atoms with E-state index in [-0.39, 0.29) is 23.9 Å². The van der Waals surface area contributed by atoms with E-state index < -0.39 is 11.9 Å². The van der Waals surface area contributed by atoms with Crippen molar-refractivity contribution in [2.24, 2.45) is 25.9 Å². The summed E-state index contributed by atoms with van der Waals surface area (Å²) in [5.74, 6) is 1.04. The summed E-state index contributed by atoms with van der Waals surface area (Å²) in [6.07, 6.45) is 6.18. The molecule has 3 atom stereocenters. The van der Waals surface area contributed by atoms with Gasteiger partial charge in [0, 0.05) is 76.7 Å². The Labute approximate surface area is 346 Å². The maximum atomic E-state index is 14.0. The van der Waals surface area contributed by atoms with Gasteiger partial charge in [-0.2, -0.15) is 5.10 Å². The lowest BCUT2D eigenvalue weighted by molar-refractivity contribution is -0.135. The monoisotopic (exact) mass is 811 g/mol. The van der Waals surface area contributed by atoms with Crippen molar-refractivity contribution in [1.29, 1.82) is 0 Å². The number of rotatable bonds is 5. The first-order valence-corrected chi connectivity index (χ1v) is 21.0. The Morgan fingerprint density at radius 1 is 0.883 bits per heavy atom. The molecule has 0 spiro atoms. The minimum atomic E-state index is -0.707. The predicted octanol–water partition coefficient (Wildman–Crippen LogP) is 4.20. The maximum Gasteiger partial charge on any atom is 0.329 e. The van der Waals surface area contributed by atoms with Crippen LogP contribution in [0.1, 0.15) is 59.8 Å². The molecule has 4 aromatic heterocycles. The van der Waals surface area contributed by atoms with E-state index >= 15 is 0 Å². The Hall–Kier alpha value is -6.29. The maximum absolute atomic E-state index is 14.0. The summed E-state index contributed by atoms with van der Waals surface area (Å²) >= 11 is 0. The lowest BCUT2D eigenvalue weighted by Crippen LogP contribution is -2.47. The summed E-state index contributed by atoms with van der Waals surface area (Å²) in [5.41, 5.74) is 7.94. The smallest absolute Gasteiger partial charge is 0.329 e. The average Bonchev–Trinajstić information content (AvgIpc) is 4.00. The zero-order chi connectivity index (χ0) is 41.2. The first-order valence-electron chi connectivity index (χ1n) is 21.0. The quantitative estimate of drug-likeness (QED) is 0.241. The SMILES string of the molecule is Cc1cc2cc(n1)-c1cnn(C)c1OC[C@H]1CC[C@H](C1)Cn1c(nc3ccc(N4CCN(CCc5cccc6c5n(C)c(=O)n6C5CCC(=O)NC5=O)CC4)cc31)NC2=O. The number of hydrogen-bond acceptors (Lipinski definition) is 10. The molecule has 16 nitrogen and oxygen atoms in total. The van der Waals surface area contributed by atoms with Crippen molar-refractivity contribution in [3.05, 3.63) is 82.0 Å². The van der Waals surface area contributed by atoms with Crippen molar-refractivity contribution in [3.63, 3.8) is 0 Å². The van der Waals surface area contributed by atoms with E-state index in [0.717, 1.165) is 104 Å². The number of nitrogens with one attached hydrogen (secondary N) is 2. The number of aryl methyl sites for hydroxylation is 3. The number of amides is 3. The van der Waals surface area contributed by atoms with E-state index in [1.165, 1.54) is 0 Å². The molecule has 310 valence electrons. The van der Waals surface area contributed by atoms with Crippen LogP contribution in [0.15, 0.2) is 59.5 Å². The highest BCUT2D eigenvalue weighted by molar-refractivity contribution is 6.05. The second kappa shape index (κ2) is 15.1. The lowest BCUT2D eigenvalue weighted by Gasteiger charge is -2.36. The summed E-state index contributed by atoms with van der Waals surface area (Å²) in [6.45, 7) is 7.51. The Morgan fingerprint density at radius 2 is 1.72 bits per heavy atom. The zero-order valence-corrected chi connectivity index (χ0v) is 34.2. The van der Waals surface area contributed by atoms with Gasteiger partial charge in [-0.3, -0.25) is 44.0 Å². The van der Waals surface area contributed by atoms with Crippen LogP contribution in [0.5, 0.6) is 5.88 Å². The molecule has 1 aliphatic carbocycles. The molecule has 2 N–H and O–H groups in total. The fraction of sp³-hybridized carbons (Fsp3) is 0.432. The first-order chi connectivity index (χ1) is 29.1. The second-order valence-electron chi connectivity index (χ2n) is 16.9. The Kier molecular flexibility index (Phi) is 9.53. The standard InChI is InChI=1S/C44H49N11O5/c1-26-19-30-21-34(46-26)32-23-45-51(3)42(32)60-25-28-8-7-27(20-28)24-54-37-22-31(9-10-33(37)47-43(54)49-40(30)57)53-17-15-52(16-18-53)14-13-29-5-4-6-35-39(29)50(2)44(59)55(35)36-11-12-38(56)48-41(36)58/h4-6,9-10,19,21-23,27-28,36H,7-8,11-18,20,24-25H2,1-3H3,(H,47,49,57)(H,48,56,58)/t27-,28+,36?/m1/s1.